The van der Waals surface area contributed by atoms with Gasteiger partial charge < -0.3 is 5.11 Å². The topological polar surface area (TPSA) is 20.2 Å². The van der Waals surface area contributed by atoms with Crippen LogP contribution in [0.3, 0.4) is 0 Å². The molecule has 1 N–H and O–H groups in total. The fourth-order valence-corrected chi connectivity index (χ4v) is 2.01. The molecule has 1 aromatic carbocycles. The molecule has 0 saturated heterocycles. The molecule has 0 radical (unpaired) electrons. The molecule has 0 bridgehead atoms. The van der Waals surface area contributed by atoms with E-state index in [0.29, 0.717) is 5.56 Å². The van der Waals surface area contributed by atoms with E-state index in [2.05, 4.69) is 0 Å². The van der Waals surface area contributed by atoms with Gasteiger partial charge in [0.15, 0.2) is 0 Å². The lowest BCUT2D eigenvalue weighted by Crippen LogP contribution is -2.29. The van der Waals surface area contributed by atoms with E-state index in [9.17, 15) is 13.2 Å². The number of aliphatic hydroxyl groups excluding tert-OH is 1. The van der Waals surface area contributed by atoms with E-state index in [1.807, 2.05) is 0 Å². The van der Waals surface area contributed by atoms with Crippen LogP contribution < -0.4 is 0 Å². The first-order valence-electron chi connectivity index (χ1n) is 4.74. The summed E-state index contributed by atoms with van der Waals surface area (Å²) in [4.78, 5) is 0. The molecule has 1 aliphatic carbocycles. The van der Waals surface area contributed by atoms with Crippen LogP contribution in [0.4, 0.5) is 13.2 Å². The fraction of sp³-hybridized carbons (Fsp3) is 0.455. The number of alkyl halides is 3. The Hall–Kier alpha value is -1.03. The van der Waals surface area contributed by atoms with Gasteiger partial charge >= 0.3 is 6.18 Å². The quantitative estimate of drug-likeness (QED) is 0.805. The monoisotopic (exact) mass is 216 g/mol. The number of hydrogen-bond acceptors (Lipinski definition) is 1. The fourth-order valence-electron chi connectivity index (χ4n) is 2.01. The second kappa shape index (κ2) is 3.23. The van der Waals surface area contributed by atoms with E-state index in [1.165, 1.54) is 0 Å². The van der Waals surface area contributed by atoms with Crippen LogP contribution in [0.1, 0.15) is 17.9 Å². The van der Waals surface area contributed by atoms with E-state index < -0.39 is 24.1 Å². The minimum Gasteiger partial charge on any atom is -0.395 e. The van der Waals surface area contributed by atoms with Gasteiger partial charge in [0.25, 0.3) is 0 Å². The van der Waals surface area contributed by atoms with E-state index in [-0.39, 0.29) is 6.42 Å². The van der Waals surface area contributed by atoms with Crippen LogP contribution >= 0.6 is 0 Å². The van der Waals surface area contributed by atoms with Crippen LogP contribution in [0, 0.1) is 5.41 Å². The minimum absolute atomic E-state index is 0.00296. The van der Waals surface area contributed by atoms with Gasteiger partial charge in [-0.2, -0.15) is 13.2 Å². The predicted octanol–water partition coefficient (Wildman–Crippen LogP) is 2.71. The Morgan fingerprint density at radius 3 is 2.27 bits per heavy atom. The third kappa shape index (κ3) is 1.53. The Bertz CT molecular complexity index is 347. The van der Waals surface area contributed by atoms with Crippen molar-refractivity contribution in [1.29, 1.82) is 0 Å². The Morgan fingerprint density at radius 1 is 1.27 bits per heavy atom. The maximum Gasteiger partial charge on any atom is 0.397 e. The highest BCUT2D eigenvalue weighted by Crippen LogP contribution is 2.66. The standard InChI is InChI=1S/C11H11F3O/c12-11(13,14)10(7-15)6-9(10)8-4-2-1-3-5-8/h1-5,9,15H,6-7H2. The molecule has 82 valence electrons. The Kier molecular flexibility index (Phi) is 2.26. The zero-order valence-corrected chi connectivity index (χ0v) is 7.96. The van der Waals surface area contributed by atoms with Gasteiger partial charge in [-0.05, 0) is 12.0 Å². The van der Waals surface area contributed by atoms with E-state index in [0.717, 1.165) is 0 Å². The molecule has 2 unspecified atom stereocenters. The molecule has 2 rings (SSSR count). The summed E-state index contributed by atoms with van der Waals surface area (Å²) in [7, 11) is 0. The van der Waals surface area contributed by atoms with Crippen LogP contribution in [0.5, 0.6) is 0 Å². The third-order valence-corrected chi connectivity index (χ3v) is 3.12. The maximum atomic E-state index is 12.7. The van der Waals surface area contributed by atoms with Gasteiger partial charge in [-0.1, -0.05) is 30.3 Å². The molecule has 1 fully saturated rings. The van der Waals surface area contributed by atoms with Gasteiger partial charge in [-0.25, -0.2) is 0 Å². The van der Waals surface area contributed by atoms with Crippen LogP contribution in [-0.4, -0.2) is 17.9 Å². The normalized spacial score (nSPS) is 30.3. The highest BCUT2D eigenvalue weighted by atomic mass is 19.4. The van der Waals surface area contributed by atoms with E-state index in [1.54, 1.807) is 30.3 Å². The lowest BCUT2D eigenvalue weighted by Gasteiger charge is -2.18. The van der Waals surface area contributed by atoms with Gasteiger partial charge in [0.1, 0.15) is 0 Å². The summed E-state index contributed by atoms with van der Waals surface area (Å²) in [6, 6.07) is 8.54. The summed E-state index contributed by atoms with van der Waals surface area (Å²) >= 11 is 0. The van der Waals surface area contributed by atoms with Crippen molar-refractivity contribution in [1.82, 2.24) is 0 Å². The molecule has 15 heavy (non-hydrogen) atoms. The Balaban J connectivity index is 2.24. The van der Waals surface area contributed by atoms with Crippen molar-refractivity contribution < 1.29 is 18.3 Å². The highest BCUT2D eigenvalue weighted by Gasteiger charge is 2.70. The molecule has 1 aliphatic rings. The van der Waals surface area contributed by atoms with Gasteiger partial charge in [0.05, 0.1) is 12.0 Å². The number of hydrogen-bond donors (Lipinski definition) is 1. The molecule has 0 heterocycles. The van der Waals surface area contributed by atoms with Crippen LogP contribution in [0.15, 0.2) is 30.3 Å². The van der Waals surface area contributed by atoms with E-state index in [4.69, 9.17) is 5.11 Å². The van der Waals surface area contributed by atoms with E-state index >= 15 is 0 Å². The second-order valence-corrected chi connectivity index (χ2v) is 3.98. The van der Waals surface area contributed by atoms with Crippen LogP contribution in [0.25, 0.3) is 0 Å². The average molecular weight is 216 g/mol. The first-order valence-corrected chi connectivity index (χ1v) is 4.74. The predicted molar refractivity (Wildman–Crippen MR) is 49.4 cm³/mol. The second-order valence-electron chi connectivity index (χ2n) is 3.98. The van der Waals surface area contributed by atoms with Gasteiger partial charge in [0, 0.05) is 5.92 Å². The summed E-state index contributed by atoms with van der Waals surface area (Å²) in [6.07, 6.45) is -4.32. The molecular formula is C11H11F3O. The smallest absolute Gasteiger partial charge is 0.395 e. The number of benzene rings is 1. The zero-order valence-electron chi connectivity index (χ0n) is 7.96. The van der Waals surface area contributed by atoms with Crippen molar-refractivity contribution in [3.05, 3.63) is 35.9 Å². The first kappa shape index (κ1) is 10.5. The summed E-state index contributed by atoms with van der Waals surface area (Å²) in [5.41, 5.74) is -1.24. The molecule has 0 spiro atoms. The van der Waals surface area contributed by atoms with Gasteiger partial charge in [-0.15, -0.1) is 0 Å². The third-order valence-electron chi connectivity index (χ3n) is 3.12. The molecule has 1 nitrogen and oxygen atoms in total. The summed E-state index contributed by atoms with van der Waals surface area (Å²) in [6.45, 7) is -0.823. The highest BCUT2D eigenvalue weighted by molar-refractivity contribution is 5.31. The largest absolute Gasteiger partial charge is 0.397 e. The molecule has 2 atom stereocenters. The van der Waals surface area contributed by atoms with Gasteiger partial charge in [-0.3, -0.25) is 0 Å². The molecular weight excluding hydrogens is 205 g/mol. The SMILES string of the molecule is OCC1(C(F)(F)F)CC1c1ccccc1. The summed E-state index contributed by atoms with van der Waals surface area (Å²) < 4.78 is 38.0. The maximum absolute atomic E-state index is 12.7. The lowest BCUT2D eigenvalue weighted by atomic mass is 9.99. The van der Waals surface area contributed by atoms with Crippen molar-refractivity contribution in [2.75, 3.05) is 6.61 Å². The molecule has 0 aromatic heterocycles. The average Bonchev–Trinajstić information content (AvgIpc) is 2.94. The van der Waals surface area contributed by atoms with Crippen molar-refractivity contribution in [2.45, 2.75) is 18.5 Å². The van der Waals surface area contributed by atoms with Crippen LogP contribution in [-0.2, 0) is 0 Å². The minimum atomic E-state index is -4.32. The molecule has 1 saturated carbocycles. The van der Waals surface area contributed by atoms with Crippen molar-refractivity contribution in [2.24, 2.45) is 5.41 Å². The first-order chi connectivity index (χ1) is 7.01. The molecule has 1 aromatic rings. The van der Waals surface area contributed by atoms with Crippen molar-refractivity contribution >= 4 is 0 Å². The number of halogens is 3. The number of rotatable bonds is 2. The van der Waals surface area contributed by atoms with Crippen LogP contribution in [0.2, 0.25) is 0 Å². The molecule has 0 aliphatic heterocycles. The molecule has 4 heteroatoms. The summed E-state index contributed by atoms with van der Waals surface area (Å²) in [5, 5.41) is 8.90. The number of aliphatic hydroxyl groups is 1. The lowest BCUT2D eigenvalue weighted by molar-refractivity contribution is -0.198. The Labute approximate surface area is 85.5 Å². The molecule has 0 amide bonds. The Morgan fingerprint density at radius 2 is 1.87 bits per heavy atom. The zero-order chi connectivity index (χ0) is 11.1. The summed E-state index contributed by atoms with van der Waals surface area (Å²) in [5.74, 6) is -0.580. The van der Waals surface area contributed by atoms with Crippen molar-refractivity contribution in [3.8, 4) is 0 Å². The van der Waals surface area contributed by atoms with Gasteiger partial charge in [0.2, 0.25) is 0 Å². The van der Waals surface area contributed by atoms with Crippen molar-refractivity contribution in [3.63, 3.8) is 0 Å².